The van der Waals surface area contributed by atoms with E-state index in [1.807, 2.05) is 12.1 Å². The fourth-order valence-corrected chi connectivity index (χ4v) is 5.08. The third-order valence-corrected chi connectivity index (χ3v) is 6.62. The van der Waals surface area contributed by atoms with Crippen molar-refractivity contribution in [1.82, 2.24) is 19.9 Å². The van der Waals surface area contributed by atoms with Crippen molar-refractivity contribution in [2.24, 2.45) is 0 Å². The van der Waals surface area contributed by atoms with E-state index in [1.165, 1.54) is 31.0 Å². The zero-order valence-corrected chi connectivity index (χ0v) is 16.8. The second-order valence-electron chi connectivity index (χ2n) is 7.61. The number of carbonyl (C=O) groups is 1. The molecule has 1 fully saturated rings. The van der Waals surface area contributed by atoms with E-state index >= 15 is 0 Å². The Kier molecular flexibility index (Phi) is 6.10. The molecule has 0 bridgehead atoms. The van der Waals surface area contributed by atoms with Gasteiger partial charge in [0, 0.05) is 29.7 Å². The van der Waals surface area contributed by atoms with Crippen LogP contribution in [0.3, 0.4) is 0 Å². The Morgan fingerprint density at radius 3 is 2.71 bits per heavy atom. The molecule has 0 unspecified atom stereocenters. The molecule has 1 saturated carbocycles. The summed E-state index contributed by atoms with van der Waals surface area (Å²) < 4.78 is 1.78. The lowest BCUT2D eigenvalue weighted by Gasteiger charge is -2.22. The van der Waals surface area contributed by atoms with Gasteiger partial charge in [0.15, 0.2) is 0 Å². The van der Waals surface area contributed by atoms with Crippen molar-refractivity contribution >= 4 is 17.7 Å². The Balaban J connectivity index is 1.46. The van der Waals surface area contributed by atoms with Gasteiger partial charge in [-0.05, 0) is 49.8 Å². The predicted octanol–water partition coefficient (Wildman–Crippen LogP) is 2.72. The summed E-state index contributed by atoms with van der Waals surface area (Å²) in [5, 5.41) is 3.88. The van der Waals surface area contributed by atoms with Gasteiger partial charge in [-0.1, -0.05) is 31.0 Å². The highest BCUT2D eigenvalue weighted by atomic mass is 32.2. The number of nitrogens with one attached hydrogen (secondary N) is 1. The molecule has 2 heterocycles. The van der Waals surface area contributed by atoms with Crippen molar-refractivity contribution < 1.29 is 4.79 Å². The number of rotatable bonds is 6. The molecular formula is C21H26N4O2S. The van der Waals surface area contributed by atoms with Gasteiger partial charge in [0.05, 0.1) is 12.3 Å². The molecule has 148 valence electrons. The van der Waals surface area contributed by atoms with Crippen molar-refractivity contribution in [2.45, 2.75) is 69.0 Å². The molecule has 4 rings (SSSR count). The summed E-state index contributed by atoms with van der Waals surface area (Å²) >= 11 is 1.41. The van der Waals surface area contributed by atoms with E-state index in [4.69, 9.17) is 0 Å². The molecule has 6 nitrogen and oxygen atoms in total. The van der Waals surface area contributed by atoms with E-state index in [1.54, 1.807) is 17.0 Å². The lowest BCUT2D eigenvalue weighted by Crippen LogP contribution is -2.37. The summed E-state index contributed by atoms with van der Waals surface area (Å²) in [7, 11) is 0. The lowest BCUT2D eigenvalue weighted by atomic mass is 9.95. The fourth-order valence-electron chi connectivity index (χ4n) is 4.19. The number of fused-ring (bicyclic) bond motifs is 1. The van der Waals surface area contributed by atoms with Crippen LogP contribution in [0.1, 0.15) is 55.3 Å². The summed E-state index contributed by atoms with van der Waals surface area (Å²) in [6, 6.07) is 4.16. The number of hydrogen-bond donors (Lipinski definition) is 1. The second-order valence-corrected chi connectivity index (χ2v) is 8.58. The topological polar surface area (TPSA) is 76.9 Å². The Hall–Kier alpha value is -2.15. The molecule has 2 aliphatic rings. The monoisotopic (exact) mass is 398 g/mol. The smallest absolute Gasteiger partial charge is 0.349 e. The third-order valence-electron chi connectivity index (χ3n) is 5.60. The summed E-state index contributed by atoms with van der Waals surface area (Å²) in [6.07, 6.45) is 12.1. The molecule has 0 saturated heterocycles. The van der Waals surface area contributed by atoms with Crippen molar-refractivity contribution in [3.63, 3.8) is 0 Å². The second kappa shape index (κ2) is 8.90. The van der Waals surface area contributed by atoms with Gasteiger partial charge in [-0.2, -0.15) is 4.98 Å². The molecule has 0 aliphatic heterocycles. The van der Waals surface area contributed by atoms with Gasteiger partial charge in [0.2, 0.25) is 5.91 Å². The Bertz CT molecular complexity index is 891. The van der Waals surface area contributed by atoms with Gasteiger partial charge in [-0.3, -0.25) is 14.3 Å². The van der Waals surface area contributed by atoms with Crippen LogP contribution in [0.5, 0.6) is 0 Å². The molecule has 1 amide bonds. The molecule has 7 heteroatoms. The molecule has 2 aromatic heterocycles. The first kappa shape index (κ1) is 19.2. The standard InChI is InChI=1S/C21H26N4O2S/c26-19(23-16-5-2-1-3-6-16)14-28-20-17-7-4-8-18(17)25(21(27)24-20)13-15-9-11-22-12-10-15/h9-12,16H,1-8,13-14H2,(H,23,26). The van der Waals surface area contributed by atoms with Crippen molar-refractivity contribution in [2.75, 3.05) is 5.75 Å². The first-order chi connectivity index (χ1) is 13.7. The van der Waals surface area contributed by atoms with Crippen LogP contribution in [-0.4, -0.2) is 32.2 Å². The quantitative estimate of drug-likeness (QED) is 0.598. The van der Waals surface area contributed by atoms with Crippen molar-refractivity contribution in [1.29, 1.82) is 0 Å². The largest absolute Gasteiger partial charge is 0.353 e. The number of nitrogens with zero attached hydrogens (tertiary/aromatic N) is 3. The minimum atomic E-state index is -0.229. The molecule has 2 aromatic rings. The van der Waals surface area contributed by atoms with Gasteiger partial charge in [-0.25, -0.2) is 4.79 Å². The number of carbonyl (C=O) groups excluding carboxylic acids is 1. The van der Waals surface area contributed by atoms with Crippen LogP contribution in [0, 0.1) is 0 Å². The van der Waals surface area contributed by atoms with Crippen molar-refractivity contribution in [3.8, 4) is 0 Å². The maximum atomic E-state index is 12.7. The van der Waals surface area contributed by atoms with Gasteiger partial charge in [-0.15, -0.1) is 0 Å². The fraction of sp³-hybridized carbons (Fsp3) is 0.524. The maximum Gasteiger partial charge on any atom is 0.349 e. The molecular weight excluding hydrogens is 372 g/mol. The number of aromatic nitrogens is 3. The number of thioether (sulfide) groups is 1. The summed E-state index contributed by atoms with van der Waals surface area (Å²) in [5.74, 6) is 0.371. The molecule has 0 radical (unpaired) electrons. The molecule has 28 heavy (non-hydrogen) atoms. The Morgan fingerprint density at radius 2 is 1.93 bits per heavy atom. The summed E-state index contributed by atoms with van der Waals surface area (Å²) in [5.41, 5.74) is 3.03. The summed E-state index contributed by atoms with van der Waals surface area (Å²) in [4.78, 5) is 33.4. The minimum Gasteiger partial charge on any atom is -0.353 e. The highest BCUT2D eigenvalue weighted by Crippen LogP contribution is 2.29. The first-order valence-corrected chi connectivity index (χ1v) is 11.1. The zero-order valence-electron chi connectivity index (χ0n) is 16.0. The first-order valence-electron chi connectivity index (χ1n) is 10.1. The van der Waals surface area contributed by atoms with Crippen LogP contribution in [-0.2, 0) is 24.2 Å². The van der Waals surface area contributed by atoms with Crippen LogP contribution < -0.4 is 11.0 Å². The van der Waals surface area contributed by atoms with Crippen LogP contribution in [0.15, 0.2) is 34.3 Å². The van der Waals surface area contributed by atoms with E-state index in [2.05, 4.69) is 15.3 Å². The van der Waals surface area contributed by atoms with E-state index in [9.17, 15) is 9.59 Å². The van der Waals surface area contributed by atoms with Crippen LogP contribution in [0.25, 0.3) is 0 Å². The van der Waals surface area contributed by atoms with Crippen molar-refractivity contribution in [3.05, 3.63) is 51.8 Å². The van der Waals surface area contributed by atoms with E-state index < -0.39 is 0 Å². The van der Waals surface area contributed by atoms with Gasteiger partial charge in [0.1, 0.15) is 5.03 Å². The predicted molar refractivity (Wildman–Crippen MR) is 110 cm³/mol. The number of hydrogen-bond acceptors (Lipinski definition) is 5. The van der Waals surface area contributed by atoms with E-state index in [-0.39, 0.29) is 11.6 Å². The number of amides is 1. The average Bonchev–Trinajstić information content (AvgIpc) is 3.20. The zero-order chi connectivity index (χ0) is 19.3. The lowest BCUT2D eigenvalue weighted by molar-refractivity contribution is -0.119. The SMILES string of the molecule is O=C(CSc1nc(=O)n(Cc2ccncc2)c2c1CCC2)NC1CCCCC1. The van der Waals surface area contributed by atoms with Crippen LogP contribution in [0.4, 0.5) is 0 Å². The molecule has 0 aromatic carbocycles. The molecule has 2 aliphatic carbocycles. The van der Waals surface area contributed by atoms with Crippen LogP contribution in [0.2, 0.25) is 0 Å². The highest BCUT2D eigenvalue weighted by Gasteiger charge is 2.23. The van der Waals surface area contributed by atoms with E-state index in [0.717, 1.165) is 54.0 Å². The van der Waals surface area contributed by atoms with E-state index in [0.29, 0.717) is 18.3 Å². The third kappa shape index (κ3) is 4.46. The molecule has 1 N–H and O–H groups in total. The van der Waals surface area contributed by atoms with Gasteiger partial charge >= 0.3 is 5.69 Å². The van der Waals surface area contributed by atoms with Crippen LogP contribution >= 0.6 is 11.8 Å². The normalized spacial score (nSPS) is 16.7. The molecule has 0 atom stereocenters. The van der Waals surface area contributed by atoms with Gasteiger partial charge in [0.25, 0.3) is 0 Å². The molecule has 0 spiro atoms. The highest BCUT2D eigenvalue weighted by molar-refractivity contribution is 7.99. The maximum absolute atomic E-state index is 12.7. The Morgan fingerprint density at radius 1 is 1.14 bits per heavy atom. The van der Waals surface area contributed by atoms with Gasteiger partial charge < -0.3 is 5.32 Å². The number of pyridine rings is 1. The average molecular weight is 399 g/mol. The minimum absolute atomic E-state index is 0.0476. The Labute approximate surface area is 169 Å². The summed E-state index contributed by atoms with van der Waals surface area (Å²) in [6.45, 7) is 0.518.